The normalized spacial score (nSPS) is 16.1. The smallest absolute Gasteiger partial charge is 0.104 e. The predicted octanol–water partition coefficient (Wildman–Crippen LogP) is 4.60. The Hall–Kier alpha value is -1.60. The Labute approximate surface area is 121 Å². The summed E-state index contributed by atoms with van der Waals surface area (Å²) in [6.45, 7) is 2.18. The van der Waals surface area contributed by atoms with Crippen LogP contribution in [-0.4, -0.2) is 5.11 Å². The van der Waals surface area contributed by atoms with E-state index in [0.717, 1.165) is 29.9 Å². The van der Waals surface area contributed by atoms with Crippen molar-refractivity contribution in [2.75, 3.05) is 0 Å². The molecule has 2 aromatic carbocycles. The topological polar surface area (TPSA) is 20.2 Å². The van der Waals surface area contributed by atoms with Crippen LogP contribution in [0.1, 0.15) is 60.5 Å². The minimum atomic E-state index is -0.509. The molecular weight excluding hydrogens is 244 g/mol. The van der Waals surface area contributed by atoms with Gasteiger partial charge < -0.3 is 5.11 Å². The first-order chi connectivity index (χ1) is 9.78. The average molecular weight is 266 g/mol. The third-order valence-corrected chi connectivity index (χ3v) is 4.08. The quantitative estimate of drug-likeness (QED) is 0.838. The Morgan fingerprint density at radius 3 is 2.45 bits per heavy atom. The van der Waals surface area contributed by atoms with Gasteiger partial charge in [-0.25, -0.2) is 0 Å². The maximum Gasteiger partial charge on any atom is 0.104 e. The van der Waals surface area contributed by atoms with E-state index in [-0.39, 0.29) is 0 Å². The number of hydrogen-bond donors (Lipinski definition) is 1. The Morgan fingerprint density at radius 2 is 1.75 bits per heavy atom. The molecule has 0 saturated heterocycles. The molecule has 1 fully saturated rings. The summed E-state index contributed by atoms with van der Waals surface area (Å²) < 4.78 is 0. The van der Waals surface area contributed by atoms with Gasteiger partial charge in [0, 0.05) is 0 Å². The molecule has 0 aliphatic heterocycles. The van der Waals surface area contributed by atoms with Gasteiger partial charge in [-0.1, -0.05) is 61.9 Å². The first-order valence-electron chi connectivity index (χ1n) is 7.64. The first kappa shape index (κ1) is 13.4. The lowest BCUT2D eigenvalue weighted by molar-refractivity contribution is 0.220. The highest BCUT2D eigenvalue weighted by Gasteiger charge is 2.24. The van der Waals surface area contributed by atoms with Crippen molar-refractivity contribution in [3.8, 4) is 0 Å². The van der Waals surface area contributed by atoms with Gasteiger partial charge in [-0.3, -0.25) is 0 Å². The molecule has 0 radical (unpaired) electrons. The summed E-state index contributed by atoms with van der Waals surface area (Å²) in [6.07, 6.45) is 4.29. The zero-order chi connectivity index (χ0) is 13.9. The van der Waals surface area contributed by atoms with Gasteiger partial charge in [-0.15, -0.1) is 0 Å². The molecule has 0 amide bonds. The van der Waals surface area contributed by atoms with Gasteiger partial charge in [0.25, 0.3) is 0 Å². The highest BCUT2D eigenvalue weighted by Crippen LogP contribution is 2.40. The fourth-order valence-corrected chi connectivity index (χ4v) is 2.80. The van der Waals surface area contributed by atoms with E-state index in [1.54, 1.807) is 0 Å². The molecule has 1 aliphatic carbocycles. The van der Waals surface area contributed by atoms with Crippen molar-refractivity contribution < 1.29 is 5.11 Å². The van der Waals surface area contributed by atoms with Crippen molar-refractivity contribution in [3.63, 3.8) is 0 Å². The third kappa shape index (κ3) is 2.94. The van der Waals surface area contributed by atoms with Crippen molar-refractivity contribution in [2.24, 2.45) is 0 Å². The molecule has 2 aromatic rings. The van der Waals surface area contributed by atoms with E-state index in [1.807, 2.05) is 18.2 Å². The zero-order valence-electron chi connectivity index (χ0n) is 12.0. The van der Waals surface area contributed by atoms with Gasteiger partial charge >= 0.3 is 0 Å². The molecule has 1 nitrogen and oxygen atoms in total. The lowest BCUT2D eigenvalue weighted by Gasteiger charge is -2.14. The minimum absolute atomic E-state index is 0.509. The molecular formula is C19H22O. The number of rotatable bonds is 5. The molecule has 1 N–H and O–H groups in total. The average Bonchev–Trinajstić information content (AvgIpc) is 3.32. The number of benzene rings is 2. The molecule has 1 heteroatoms. The largest absolute Gasteiger partial charge is 0.384 e. The summed E-state index contributed by atoms with van der Waals surface area (Å²) in [5.74, 6) is 0.730. The third-order valence-electron chi connectivity index (χ3n) is 4.08. The second kappa shape index (κ2) is 5.80. The Bertz CT molecular complexity index is 584. The van der Waals surface area contributed by atoms with Crippen molar-refractivity contribution in [2.45, 2.75) is 44.6 Å². The highest BCUT2D eigenvalue weighted by atomic mass is 16.3. The van der Waals surface area contributed by atoms with Crippen LogP contribution in [0.3, 0.4) is 0 Å². The van der Waals surface area contributed by atoms with Gasteiger partial charge in [0.2, 0.25) is 0 Å². The van der Waals surface area contributed by atoms with Crippen molar-refractivity contribution in [1.29, 1.82) is 0 Å². The summed E-state index contributed by atoms with van der Waals surface area (Å²) in [5.41, 5.74) is 4.71. The minimum Gasteiger partial charge on any atom is -0.384 e. The van der Waals surface area contributed by atoms with E-state index in [4.69, 9.17) is 0 Å². The predicted molar refractivity (Wildman–Crippen MR) is 82.9 cm³/mol. The van der Waals surface area contributed by atoms with Crippen LogP contribution in [0.4, 0.5) is 0 Å². The summed E-state index contributed by atoms with van der Waals surface area (Å²) in [6, 6.07) is 16.8. The van der Waals surface area contributed by atoms with E-state index >= 15 is 0 Å². The summed E-state index contributed by atoms with van der Waals surface area (Å²) in [4.78, 5) is 0. The zero-order valence-corrected chi connectivity index (χ0v) is 12.0. The monoisotopic (exact) mass is 266 g/mol. The van der Waals surface area contributed by atoms with E-state index < -0.39 is 6.10 Å². The molecule has 1 unspecified atom stereocenters. The summed E-state index contributed by atoms with van der Waals surface area (Å²) in [5, 5.41) is 10.6. The van der Waals surface area contributed by atoms with Crippen LogP contribution in [-0.2, 0) is 6.42 Å². The second-order valence-electron chi connectivity index (χ2n) is 5.84. The molecule has 1 atom stereocenters. The molecule has 0 spiro atoms. The number of hydrogen-bond acceptors (Lipinski definition) is 1. The van der Waals surface area contributed by atoms with Gasteiger partial charge in [-0.05, 0) is 47.4 Å². The number of aliphatic hydroxyl groups excluding tert-OH is 1. The first-order valence-corrected chi connectivity index (χ1v) is 7.64. The standard InChI is InChI=1S/C19H22O/c1-2-5-14-6-3-8-17(12-14)19(20)18-9-4-7-16(13-18)15-10-11-15/h3-4,6-9,12-13,15,19-20H,2,5,10-11H2,1H3. The number of aliphatic hydroxyl groups is 1. The van der Waals surface area contributed by atoms with Crippen molar-refractivity contribution in [1.82, 2.24) is 0 Å². The second-order valence-corrected chi connectivity index (χ2v) is 5.84. The van der Waals surface area contributed by atoms with Crippen LogP contribution < -0.4 is 0 Å². The van der Waals surface area contributed by atoms with Crippen LogP contribution in [0.25, 0.3) is 0 Å². The van der Waals surface area contributed by atoms with Gasteiger partial charge in [-0.2, -0.15) is 0 Å². The number of aryl methyl sites for hydroxylation is 1. The summed E-state index contributed by atoms with van der Waals surface area (Å²) >= 11 is 0. The lowest BCUT2D eigenvalue weighted by Crippen LogP contribution is -2.01. The fraction of sp³-hybridized carbons (Fsp3) is 0.368. The molecule has 0 bridgehead atoms. The van der Waals surface area contributed by atoms with Crippen LogP contribution >= 0.6 is 0 Å². The Kier molecular flexibility index (Phi) is 3.88. The van der Waals surface area contributed by atoms with Crippen LogP contribution in [0, 0.1) is 0 Å². The van der Waals surface area contributed by atoms with E-state index in [0.29, 0.717) is 0 Å². The molecule has 104 valence electrons. The lowest BCUT2D eigenvalue weighted by atomic mass is 9.96. The molecule has 1 saturated carbocycles. The summed E-state index contributed by atoms with van der Waals surface area (Å²) in [7, 11) is 0. The maximum absolute atomic E-state index is 10.6. The van der Waals surface area contributed by atoms with Crippen LogP contribution in [0.15, 0.2) is 48.5 Å². The Balaban J connectivity index is 1.85. The molecule has 20 heavy (non-hydrogen) atoms. The van der Waals surface area contributed by atoms with E-state index in [2.05, 4.69) is 37.3 Å². The highest BCUT2D eigenvalue weighted by molar-refractivity contribution is 5.36. The molecule has 1 aliphatic rings. The molecule has 3 rings (SSSR count). The van der Waals surface area contributed by atoms with Crippen molar-refractivity contribution >= 4 is 0 Å². The SMILES string of the molecule is CCCc1cccc(C(O)c2cccc(C3CC3)c2)c1. The van der Waals surface area contributed by atoms with Gasteiger partial charge in [0.05, 0.1) is 0 Å². The van der Waals surface area contributed by atoms with E-state index in [1.165, 1.54) is 24.0 Å². The van der Waals surface area contributed by atoms with Gasteiger partial charge in [0.15, 0.2) is 0 Å². The fourth-order valence-electron chi connectivity index (χ4n) is 2.80. The Morgan fingerprint density at radius 1 is 1.05 bits per heavy atom. The molecule has 0 heterocycles. The van der Waals surface area contributed by atoms with Gasteiger partial charge in [0.1, 0.15) is 6.10 Å². The maximum atomic E-state index is 10.6. The molecule has 0 aromatic heterocycles. The van der Waals surface area contributed by atoms with Crippen LogP contribution in [0.2, 0.25) is 0 Å². The van der Waals surface area contributed by atoms with E-state index in [9.17, 15) is 5.11 Å². The van der Waals surface area contributed by atoms with Crippen molar-refractivity contribution in [3.05, 3.63) is 70.8 Å². The van der Waals surface area contributed by atoms with Crippen LogP contribution in [0.5, 0.6) is 0 Å².